The van der Waals surface area contributed by atoms with Crippen molar-refractivity contribution in [3.63, 3.8) is 0 Å². The molecule has 0 saturated heterocycles. The molecule has 0 fully saturated rings. The summed E-state index contributed by atoms with van der Waals surface area (Å²) < 4.78 is 15.2. The Balaban J connectivity index is 2.41. The lowest BCUT2D eigenvalue weighted by Crippen LogP contribution is -1.99. The minimum Gasteiger partial charge on any atom is -0.396 e. The van der Waals surface area contributed by atoms with Gasteiger partial charge < -0.3 is 5.11 Å². The van der Waals surface area contributed by atoms with Crippen LogP contribution in [0.5, 0.6) is 0 Å². The zero-order valence-corrected chi connectivity index (χ0v) is 10.8. The van der Waals surface area contributed by atoms with Gasteiger partial charge >= 0.3 is 0 Å². The first kappa shape index (κ1) is 12.2. The fraction of sp³-hybridized carbons (Fsp3) is 0.273. The Bertz CT molecular complexity index is 542. The van der Waals surface area contributed by atoms with Gasteiger partial charge in [-0.1, -0.05) is 5.21 Å². The maximum Gasteiger partial charge on any atom is 0.137 e. The molecule has 0 atom stereocenters. The fourth-order valence-corrected chi connectivity index (χ4v) is 1.86. The van der Waals surface area contributed by atoms with Crippen molar-refractivity contribution in [3.05, 3.63) is 39.9 Å². The van der Waals surface area contributed by atoms with Gasteiger partial charge in [0.2, 0.25) is 0 Å². The van der Waals surface area contributed by atoms with Gasteiger partial charge in [-0.25, -0.2) is 9.07 Å². The summed E-state index contributed by atoms with van der Waals surface area (Å²) in [6.45, 7) is 1.84. The molecule has 4 nitrogen and oxygen atoms in total. The molecule has 2 rings (SSSR count). The van der Waals surface area contributed by atoms with Gasteiger partial charge in [-0.3, -0.25) is 0 Å². The number of aryl methyl sites for hydroxylation is 1. The smallest absolute Gasteiger partial charge is 0.137 e. The molecule has 0 unspecified atom stereocenters. The number of rotatable bonds is 3. The first-order valence-electron chi connectivity index (χ1n) is 5.10. The molecule has 0 amide bonds. The molecule has 0 aliphatic heterocycles. The number of hydrogen-bond donors (Lipinski definition) is 1. The Morgan fingerprint density at radius 2 is 2.24 bits per heavy atom. The number of benzene rings is 1. The number of aliphatic hydroxyl groups excluding tert-OH is 1. The van der Waals surface area contributed by atoms with E-state index in [1.54, 1.807) is 23.9 Å². The van der Waals surface area contributed by atoms with Gasteiger partial charge in [0.1, 0.15) is 5.82 Å². The Morgan fingerprint density at radius 1 is 1.47 bits per heavy atom. The molecule has 1 aromatic heterocycles. The minimum absolute atomic E-state index is 0.0325. The maximum absolute atomic E-state index is 13.3. The average molecular weight is 300 g/mol. The molecular formula is C11H11BrFN3O. The molecule has 6 heteroatoms. The van der Waals surface area contributed by atoms with Crippen LogP contribution < -0.4 is 0 Å². The molecule has 0 aliphatic carbocycles. The van der Waals surface area contributed by atoms with Gasteiger partial charge in [0, 0.05) is 13.0 Å². The van der Waals surface area contributed by atoms with Crippen molar-refractivity contribution in [1.82, 2.24) is 15.0 Å². The molecule has 1 heterocycles. The van der Waals surface area contributed by atoms with E-state index in [1.165, 1.54) is 6.07 Å². The highest BCUT2D eigenvalue weighted by molar-refractivity contribution is 9.10. The van der Waals surface area contributed by atoms with Crippen LogP contribution in [0.3, 0.4) is 0 Å². The molecular weight excluding hydrogens is 289 g/mol. The van der Waals surface area contributed by atoms with Crippen molar-refractivity contribution in [2.75, 3.05) is 6.61 Å². The fourth-order valence-electron chi connectivity index (χ4n) is 1.53. The van der Waals surface area contributed by atoms with E-state index in [9.17, 15) is 4.39 Å². The molecule has 1 aromatic carbocycles. The quantitative estimate of drug-likeness (QED) is 0.943. The Labute approximate surface area is 106 Å². The molecule has 0 bridgehead atoms. The van der Waals surface area contributed by atoms with E-state index < -0.39 is 0 Å². The van der Waals surface area contributed by atoms with Crippen LogP contribution in [0.2, 0.25) is 0 Å². The Morgan fingerprint density at radius 3 is 2.94 bits per heavy atom. The van der Waals surface area contributed by atoms with Crippen molar-refractivity contribution in [2.24, 2.45) is 0 Å². The molecule has 0 aliphatic rings. The maximum atomic E-state index is 13.3. The van der Waals surface area contributed by atoms with Gasteiger partial charge in [0.25, 0.3) is 0 Å². The minimum atomic E-state index is -0.304. The standard InChI is InChI=1S/C11H11BrFN3O/c1-7-4-10(13)9(12)5-11(7)16-6-8(2-3-17)14-15-16/h4-6,17H,2-3H2,1H3. The second kappa shape index (κ2) is 4.93. The molecule has 0 spiro atoms. The molecule has 2 aromatic rings. The first-order valence-corrected chi connectivity index (χ1v) is 5.89. The van der Waals surface area contributed by atoms with Gasteiger partial charge in [-0.05, 0) is 40.5 Å². The molecule has 1 N–H and O–H groups in total. The van der Waals surface area contributed by atoms with Gasteiger partial charge in [0.05, 0.1) is 22.1 Å². The van der Waals surface area contributed by atoms with E-state index in [0.717, 1.165) is 11.3 Å². The van der Waals surface area contributed by atoms with Crippen LogP contribution in [-0.2, 0) is 6.42 Å². The van der Waals surface area contributed by atoms with Crippen LogP contribution in [0.25, 0.3) is 5.69 Å². The third kappa shape index (κ3) is 2.53. The summed E-state index contributed by atoms with van der Waals surface area (Å²) in [5, 5.41) is 16.7. The van der Waals surface area contributed by atoms with Crippen LogP contribution in [0.1, 0.15) is 11.3 Å². The molecule has 90 valence electrons. The molecule has 0 saturated carbocycles. The Hall–Kier alpha value is -1.27. The number of nitrogens with zero attached hydrogens (tertiary/aromatic N) is 3. The predicted octanol–water partition coefficient (Wildman–Crippen LogP) is 2.01. The largest absolute Gasteiger partial charge is 0.396 e. The van der Waals surface area contributed by atoms with Gasteiger partial charge in [-0.15, -0.1) is 5.10 Å². The second-order valence-corrected chi connectivity index (χ2v) is 4.54. The summed E-state index contributed by atoms with van der Waals surface area (Å²) in [6.07, 6.45) is 2.18. The monoisotopic (exact) mass is 299 g/mol. The number of aliphatic hydroxyl groups is 1. The summed E-state index contributed by atoms with van der Waals surface area (Å²) in [6, 6.07) is 3.09. The number of hydrogen-bond acceptors (Lipinski definition) is 3. The third-order valence-corrected chi connectivity index (χ3v) is 3.00. The summed E-state index contributed by atoms with van der Waals surface area (Å²) in [4.78, 5) is 0. The topological polar surface area (TPSA) is 50.9 Å². The van der Waals surface area contributed by atoms with E-state index in [2.05, 4.69) is 26.2 Å². The van der Waals surface area contributed by atoms with Gasteiger partial charge in [-0.2, -0.15) is 0 Å². The zero-order valence-electron chi connectivity index (χ0n) is 9.19. The highest BCUT2D eigenvalue weighted by Gasteiger charge is 2.09. The first-order chi connectivity index (χ1) is 8.11. The average Bonchev–Trinajstić information content (AvgIpc) is 2.72. The highest BCUT2D eigenvalue weighted by Crippen LogP contribution is 2.22. The van der Waals surface area contributed by atoms with Crippen molar-refractivity contribution >= 4 is 15.9 Å². The summed E-state index contributed by atoms with van der Waals surface area (Å²) in [7, 11) is 0. The summed E-state index contributed by atoms with van der Waals surface area (Å²) in [5.41, 5.74) is 2.23. The summed E-state index contributed by atoms with van der Waals surface area (Å²) >= 11 is 3.14. The van der Waals surface area contributed by atoms with E-state index in [-0.39, 0.29) is 12.4 Å². The lowest BCUT2D eigenvalue weighted by molar-refractivity contribution is 0.298. The normalized spacial score (nSPS) is 10.8. The SMILES string of the molecule is Cc1cc(F)c(Br)cc1-n1cc(CCO)nn1. The summed E-state index contributed by atoms with van der Waals surface area (Å²) in [5.74, 6) is -0.304. The number of aromatic nitrogens is 3. The van der Waals surface area contributed by atoms with E-state index >= 15 is 0 Å². The van der Waals surface area contributed by atoms with Crippen LogP contribution >= 0.6 is 15.9 Å². The van der Waals surface area contributed by atoms with Gasteiger partial charge in [0.15, 0.2) is 0 Å². The lowest BCUT2D eigenvalue weighted by Gasteiger charge is -2.06. The van der Waals surface area contributed by atoms with E-state index in [4.69, 9.17) is 5.11 Å². The number of halogens is 2. The third-order valence-electron chi connectivity index (χ3n) is 2.39. The second-order valence-electron chi connectivity index (χ2n) is 3.68. The van der Waals surface area contributed by atoms with E-state index in [1.807, 2.05) is 0 Å². The molecule has 17 heavy (non-hydrogen) atoms. The lowest BCUT2D eigenvalue weighted by atomic mass is 10.2. The van der Waals surface area contributed by atoms with Crippen LogP contribution in [0.15, 0.2) is 22.8 Å². The van der Waals surface area contributed by atoms with Crippen molar-refractivity contribution in [3.8, 4) is 5.69 Å². The zero-order chi connectivity index (χ0) is 12.4. The van der Waals surface area contributed by atoms with E-state index in [0.29, 0.717) is 16.6 Å². The van der Waals surface area contributed by atoms with Crippen molar-refractivity contribution in [2.45, 2.75) is 13.3 Å². The molecule has 0 radical (unpaired) electrons. The van der Waals surface area contributed by atoms with Crippen LogP contribution in [0.4, 0.5) is 4.39 Å². The van der Waals surface area contributed by atoms with Crippen LogP contribution in [-0.4, -0.2) is 26.7 Å². The van der Waals surface area contributed by atoms with Crippen molar-refractivity contribution < 1.29 is 9.50 Å². The predicted molar refractivity (Wildman–Crippen MR) is 64.5 cm³/mol. The Kier molecular flexibility index (Phi) is 3.54. The van der Waals surface area contributed by atoms with Crippen LogP contribution in [0, 0.1) is 12.7 Å². The highest BCUT2D eigenvalue weighted by atomic mass is 79.9. The van der Waals surface area contributed by atoms with Crippen molar-refractivity contribution in [1.29, 1.82) is 0 Å².